The summed E-state index contributed by atoms with van der Waals surface area (Å²) >= 11 is 5.90. The second kappa shape index (κ2) is 5.73. The number of anilines is 1. The van der Waals surface area contributed by atoms with E-state index in [0.717, 1.165) is 0 Å². The van der Waals surface area contributed by atoms with Gasteiger partial charge in [0.2, 0.25) is 0 Å². The number of nitrogens with one attached hydrogen (secondary N) is 1. The smallest absolute Gasteiger partial charge is 0.412 e. The second-order valence-electron chi connectivity index (χ2n) is 5.55. The Morgan fingerprint density at radius 2 is 2.14 bits per heavy atom. The van der Waals surface area contributed by atoms with Crippen molar-refractivity contribution in [1.82, 2.24) is 14.8 Å². The third-order valence-electron chi connectivity index (χ3n) is 2.50. The molecule has 7 heteroatoms. The number of aryl methyl sites for hydroxylation is 1. The molecule has 0 atom stereocenters. The maximum atomic E-state index is 11.9. The van der Waals surface area contributed by atoms with E-state index >= 15 is 0 Å². The van der Waals surface area contributed by atoms with Crippen LogP contribution in [-0.2, 0) is 11.8 Å². The molecule has 0 saturated heterocycles. The number of carbonyl (C=O) groups excluding carboxylic acids is 1. The van der Waals surface area contributed by atoms with Gasteiger partial charge in [-0.3, -0.25) is 10.00 Å². The van der Waals surface area contributed by atoms with Gasteiger partial charge in [0.25, 0.3) is 0 Å². The maximum absolute atomic E-state index is 11.9. The fourth-order valence-corrected chi connectivity index (χ4v) is 1.87. The lowest BCUT2D eigenvalue weighted by Gasteiger charge is -2.20. The van der Waals surface area contributed by atoms with E-state index in [2.05, 4.69) is 15.4 Å². The normalized spacial score (nSPS) is 11.3. The first-order valence-electron chi connectivity index (χ1n) is 6.40. The minimum absolute atomic E-state index is 0.278. The summed E-state index contributed by atoms with van der Waals surface area (Å²) in [6.45, 7) is 5.39. The molecule has 0 radical (unpaired) electrons. The minimum atomic E-state index is -0.577. The Hall–Kier alpha value is -2.08. The highest BCUT2D eigenvalue weighted by molar-refractivity contribution is 6.29. The largest absolute Gasteiger partial charge is 0.444 e. The molecule has 0 unspecified atom stereocenters. The molecule has 0 aliphatic carbocycles. The molecule has 0 bridgehead atoms. The third-order valence-corrected chi connectivity index (χ3v) is 2.70. The number of pyridine rings is 1. The molecular weight excluding hydrogens is 292 g/mol. The van der Waals surface area contributed by atoms with Gasteiger partial charge in [0.15, 0.2) is 0 Å². The Morgan fingerprint density at radius 1 is 1.43 bits per heavy atom. The van der Waals surface area contributed by atoms with Crippen LogP contribution in [0.15, 0.2) is 24.5 Å². The van der Waals surface area contributed by atoms with Crippen LogP contribution < -0.4 is 5.32 Å². The Bertz CT molecular complexity index is 661. The molecule has 1 amide bonds. The predicted octanol–water partition coefficient (Wildman–Crippen LogP) is 3.48. The monoisotopic (exact) mass is 308 g/mol. The second-order valence-corrected chi connectivity index (χ2v) is 5.94. The van der Waals surface area contributed by atoms with E-state index in [-0.39, 0.29) is 5.15 Å². The maximum Gasteiger partial charge on any atom is 0.412 e. The summed E-state index contributed by atoms with van der Waals surface area (Å²) in [7, 11) is 1.81. The number of aromatic nitrogens is 3. The first-order chi connectivity index (χ1) is 9.74. The number of rotatable bonds is 2. The van der Waals surface area contributed by atoms with E-state index in [1.807, 2.05) is 13.1 Å². The van der Waals surface area contributed by atoms with Crippen LogP contribution >= 0.6 is 11.6 Å². The number of hydrogen-bond donors (Lipinski definition) is 1. The zero-order valence-corrected chi connectivity index (χ0v) is 13.1. The van der Waals surface area contributed by atoms with Gasteiger partial charge in [0.1, 0.15) is 10.8 Å². The van der Waals surface area contributed by atoms with Crippen molar-refractivity contribution in [1.29, 1.82) is 0 Å². The molecule has 0 saturated carbocycles. The van der Waals surface area contributed by atoms with E-state index in [4.69, 9.17) is 16.3 Å². The first kappa shape index (κ1) is 15.3. The van der Waals surface area contributed by atoms with Gasteiger partial charge in [-0.15, -0.1) is 0 Å². The fourth-order valence-electron chi connectivity index (χ4n) is 1.71. The van der Waals surface area contributed by atoms with Crippen LogP contribution in [0, 0.1) is 0 Å². The van der Waals surface area contributed by atoms with Crippen LogP contribution in [0.1, 0.15) is 20.8 Å². The minimum Gasteiger partial charge on any atom is -0.444 e. The summed E-state index contributed by atoms with van der Waals surface area (Å²) in [5.74, 6) is 0. The average Bonchev–Trinajstić information content (AvgIpc) is 2.73. The highest BCUT2D eigenvalue weighted by Gasteiger charge is 2.18. The Balaban J connectivity index is 2.30. The Kier molecular flexibility index (Phi) is 4.18. The van der Waals surface area contributed by atoms with E-state index < -0.39 is 11.7 Å². The molecule has 2 aromatic heterocycles. The molecular formula is C14H17ClN4O2. The number of hydrogen-bond acceptors (Lipinski definition) is 4. The number of halogens is 1. The van der Waals surface area contributed by atoms with E-state index in [1.54, 1.807) is 43.9 Å². The van der Waals surface area contributed by atoms with Crippen molar-refractivity contribution in [3.8, 4) is 11.3 Å². The highest BCUT2D eigenvalue weighted by atomic mass is 35.5. The van der Waals surface area contributed by atoms with E-state index in [0.29, 0.717) is 16.9 Å². The first-order valence-corrected chi connectivity index (χ1v) is 6.78. The van der Waals surface area contributed by atoms with Crippen molar-refractivity contribution in [3.63, 3.8) is 0 Å². The van der Waals surface area contributed by atoms with Gasteiger partial charge in [-0.05, 0) is 32.9 Å². The van der Waals surface area contributed by atoms with Gasteiger partial charge < -0.3 is 4.74 Å². The van der Waals surface area contributed by atoms with Crippen molar-refractivity contribution in [2.45, 2.75) is 26.4 Å². The molecule has 112 valence electrons. The fraction of sp³-hybridized carbons (Fsp3) is 0.357. The number of amides is 1. The van der Waals surface area contributed by atoms with Crippen LogP contribution in [0.25, 0.3) is 11.3 Å². The molecule has 0 aliphatic heterocycles. The summed E-state index contributed by atoms with van der Waals surface area (Å²) in [5, 5.41) is 7.25. The van der Waals surface area contributed by atoms with Gasteiger partial charge in [0.05, 0.1) is 11.4 Å². The van der Waals surface area contributed by atoms with Crippen molar-refractivity contribution in [3.05, 3.63) is 29.7 Å². The molecule has 0 spiro atoms. The number of nitrogens with zero attached hydrogens (tertiary/aromatic N) is 3. The van der Waals surface area contributed by atoms with Gasteiger partial charge in [-0.25, -0.2) is 9.78 Å². The quantitative estimate of drug-likeness (QED) is 0.862. The van der Waals surface area contributed by atoms with Crippen LogP contribution in [0.2, 0.25) is 5.15 Å². The van der Waals surface area contributed by atoms with E-state index in [9.17, 15) is 4.79 Å². The SMILES string of the molecule is Cn1ccc(-c2cnc(Cl)cc2NC(=O)OC(C)(C)C)n1. The number of carbonyl (C=O) groups is 1. The Morgan fingerprint density at radius 3 is 2.71 bits per heavy atom. The molecule has 2 aromatic rings. The lowest BCUT2D eigenvalue weighted by Crippen LogP contribution is -2.27. The summed E-state index contributed by atoms with van der Waals surface area (Å²) in [5.41, 5.74) is 1.29. The van der Waals surface area contributed by atoms with Crippen LogP contribution in [0.4, 0.5) is 10.5 Å². The van der Waals surface area contributed by atoms with Gasteiger partial charge >= 0.3 is 6.09 Å². The van der Waals surface area contributed by atoms with Crippen LogP contribution in [0.5, 0.6) is 0 Å². The molecule has 1 N–H and O–H groups in total. The molecule has 0 fully saturated rings. The summed E-state index contributed by atoms with van der Waals surface area (Å²) < 4.78 is 6.91. The van der Waals surface area contributed by atoms with Gasteiger partial charge in [0, 0.05) is 25.0 Å². The average molecular weight is 309 g/mol. The molecule has 0 aliphatic rings. The zero-order chi connectivity index (χ0) is 15.6. The highest BCUT2D eigenvalue weighted by Crippen LogP contribution is 2.28. The molecule has 2 heterocycles. The summed E-state index contributed by atoms with van der Waals surface area (Å²) in [6, 6.07) is 3.39. The van der Waals surface area contributed by atoms with Crippen LogP contribution in [0.3, 0.4) is 0 Å². The van der Waals surface area contributed by atoms with Crippen molar-refractivity contribution in [2.24, 2.45) is 7.05 Å². The van der Waals surface area contributed by atoms with Crippen molar-refractivity contribution >= 4 is 23.4 Å². The molecule has 6 nitrogen and oxygen atoms in total. The topological polar surface area (TPSA) is 69.0 Å². The zero-order valence-electron chi connectivity index (χ0n) is 12.3. The van der Waals surface area contributed by atoms with Gasteiger partial charge in [-0.1, -0.05) is 11.6 Å². The summed E-state index contributed by atoms with van der Waals surface area (Å²) in [6.07, 6.45) is 2.82. The number of ether oxygens (including phenoxy) is 1. The van der Waals surface area contributed by atoms with E-state index in [1.165, 1.54) is 0 Å². The molecule has 21 heavy (non-hydrogen) atoms. The Labute approximate surface area is 128 Å². The van der Waals surface area contributed by atoms with Gasteiger partial charge in [-0.2, -0.15) is 5.10 Å². The van der Waals surface area contributed by atoms with Crippen LogP contribution in [-0.4, -0.2) is 26.5 Å². The predicted molar refractivity (Wildman–Crippen MR) is 81.3 cm³/mol. The lowest BCUT2D eigenvalue weighted by molar-refractivity contribution is 0.0636. The molecule has 2 rings (SSSR count). The molecule has 0 aromatic carbocycles. The lowest BCUT2D eigenvalue weighted by atomic mass is 10.2. The third kappa shape index (κ3) is 4.19. The summed E-state index contributed by atoms with van der Waals surface area (Å²) in [4.78, 5) is 15.9. The van der Waals surface area contributed by atoms with Crippen molar-refractivity contribution in [2.75, 3.05) is 5.32 Å². The standard InChI is InChI=1S/C14H17ClN4O2/c1-14(2,3)21-13(20)17-11-7-12(15)16-8-9(11)10-5-6-19(4)18-10/h5-8H,1-4H3,(H,16,17,20). The van der Waals surface area contributed by atoms with Crippen molar-refractivity contribution < 1.29 is 9.53 Å².